The molecule has 0 saturated carbocycles. The van der Waals surface area contributed by atoms with Gasteiger partial charge in [0.15, 0.2) is 0 Å². The van der Waals surface area contributed by atoms with Crippen molar-refractivity contribution in [1.82, 2.24) is 9.78 Å². The topological polar surface area (TPSA) is 52.2 Å². The van der Waals surface area contributed by atoms with E-state index in [2.05, 4.69) is 17.3 Å². The van der Waals surface area contributed by atoms with Gasteiger partial charge < -0.3 is 14.5 Å². The van der Waals surface area contributed by atoms with Crippen molar-refractivity contribution in [2.45, 2.75) is 45.4 Å². The van der Waals surface area contributed by atoms with Gasteiger partial charge in [-0.2, -0.15) is 5.10 Å². The van der Waals surface area contributed by atoms with Crippen LogP contribution in [-0.4, -0.2) is 22.5 Å². The van der Waals surface area contributed by atoms with Gasteiger partial charge >= 0.3 is 0 Å². The zero-order valence-corrected chi connectivity index (χ0v) is 11.8. The molecule has 1 aliphatic rings. The molecule has 0 amide bonds. The lowest BCUT2D eigenvalue weighted by Crippen LogP contribution is -2.15. The third kappa shape index (κ3) is 3.22. The zero-order valence-electron chi connectivity index (χ0n) is 11.8. The molecule has 0 radical (unpaired) electrons. The van der Waals surface area contributed by atoms with Crippen LogP contribution in [0.1, 0.15) is 31.3 Å². The number of aryl methyl sites for hydroxylation is 1. The molecule has 3 heterocycles. The molecule has 5 heteroatoms. The second kappa shape index (κ2) is 6.13. The molecule has 1 N–H and O–H groups in total. The maximum absolute atomic E-state index is 5.66. The molecule has 1 unspecified atom stereocenters. The van der Waals surface area contributed by atoms with Crippen molar-refractivity contribution < 1.29 is 9.15 Å². The Hall–Kier alpha value is -1.75. The minimum absolute atomic E-state index is 0.319. The van der Waals surface area contributed by atoms with Gasteiger partial charge in [0, 0.05) is 19.2 Å². The first kappa shape index (κ1) is 13.2. The van der Waals surface area contributed by atoms with Crippen molar-refractivity contribution >= 4 is 5.69 Å². The summed E-state index contributed by atoms with van der Waals surface area (Å²) in [5, 5.41) is 7.68. The van der Waals surface area contributed by atoms with E-state index >= 15 is 0 Å². The maximum atomic E-state index is 5.66. The standard InChI is InChI=1S/C15H21N3O2/c1-2-13-5-6-14(20-13)9-16-12-8-17-18(10-12)11-15-4-3-7-19-15/h5-6,8,10,15-16H,2-4,7,9,11H2,1H3. The molecule has 0 aromatic carbocycles. The summed E-state index contributed by atoms with van der Waals surface area (Å²) in [5.41, 5.74) is 1.01. The number of hydrogen-bond acceptors (Lipinski definition) is 4. The van der Waals surface area contributed by atoms with E-state index in [0.29, 0.717) is 12.6 Å². The van der Waals surface area contributed by atoms with Crippen LogP contribution >= 0.6 is 0 Å². The second-order valence-corrected chi connectivity index (χ2v) is 5.16. The predicted octanol–water partition coefficient (Wildman–Crippen LogP) is 2.83. The van der Waals surface area contributed by atoms with Gasteiger partial charge in [0.2, 0.25) is 0 Å². The average Bonchev–Trinajstić information content (AvgIpc) is 3.18. The highest BCUT2D eigenvalue weighted by Gasteiger charge is 2.16. The number of aromatic nitrogens is 2. The van der Waals surface area contributed by atoms with Crippen molar-refractivity contribution in [3.63, 3.8) is 0 Å². The number of rotatable bonds is 6. The third-order valence-corrected chi connectivity index (χ3v) is 3.58. The summed E-state index contributed by atoms with van der Waals surface area (Å²) in [6.07, 6.45) is 7.41. The highest BCUT2D eigenvalue weighted by Crippen LogP contribution is 2.16. The molecule has 20 heavy (non-hydrogen) atoms. The van der Waals surface area contributed by atoms with Crippen LogP contribution in [0.15, 0.2) is 28.9 Å². The molecule has 1 saturated heterocycles. The Bertz CT molecular complexity index is 541. The number of hydrogen-bond donors (Lipinski definition) is 1. The van der Waals surface area contributed by atoms with Gasteiger partial charge in [-0.05, 0) is 25.0 Å². The van der Waals surface area contributed by atoms with Crippen LogP contribution in [0.3, 0.4) is 0 Å². The Morgan fingerprint density at radius 3 is 3.05 bits per heavy atom. The van der Waals surface area contributed by atoms with Crippen LogP contribution in [0.2, 0.25) is 0 Å². The summed E-state index contributed by atoms with van der Waals surface area (Å²) >= 11 is 0. The van der Waals surface area contributed by atoms with E-state index in [0.717, 1.165) is 49.6 Å². The van der Waals surface area contributed by atoms with E-state index in [1.807, 2.05) is 29.2 Å². The van der Waals surface area contributed by atoms with E-state index in [1.54, 1.807) is 0 Å². The van der Waals surface area contributed by atoms with Crippen LogP contribution in [0, 0.1) is 0 Å². The number of furan rings is 1. The zero-order chi connectivity index (χ0) is 13.8. The molecule has 1 fully saturated rings. The Morgan fingerprint density at radius 1 is 1.40 bits per heavy atom. The van der Waals surface area contributed by atoms with Gasteiger partial charge in [0.1, 0.15) is 11.5 Å². The van der Waals surface area contributed by atoms with Gasteiger partial charge in [0.05, 0.1) is 31.1 Å². The normalized spacial score (nSPS) is 18.6. The van der Waals surface area contributed by atoms with Crippen molar-refractivity contribution in [2.24, 2.45) is 0 Å². The second-order valence-electron chi connectivity index (χ2n) is 5.16. The molecular weight excluding hydrogens is 254 g/mol. The lowest BCUT2D eigenvalue weighted by Gasteiger charge is -2.08. The van der Waals surface area contributed by atoms with Crippen LogP contribution in [0.25, 0.3) is 0 Å². The Morgan fingerprint density at radius 2 is 2.30 bits per heavy atom. The Balaban J connectivity index is 1.51. The monoisotopic (exact) mass is 275 g/mol. The fourth-order valence-corrected chi connectivity index (χ4v) is 2.45. The minimum atomic E-state index is 0.319. The summed E-state index contributed by atoms with van der Waals surface area (Å²) in [7, 11) is 0. The highest BCUT2D eigenvalue weighted by atomic mass is 16.5. The number of nitrogens with one attached hydrogen (secondary N) is 1. The van der Waals surface area contributed by atoms with Gasteiger partial charge in [-0.15, -0.1) is 0 Å². The van der Waals surface area contributed by atoms with Crippen LogP contribution in [0.4, 0.5) is 5.69 Å². The van der Waals surface area contributed by atoms with E-state index in [-0.39, 0.29) is 0 Å². The van der Waals surface area contributed by atoms with E-state index in [4.69, 9.17) is 9.15 Å². The number of ether oxygens (including phenoxy) is 1. The Labute approximate surface area is 118 Å². The molecule has 3 rings (SSSR count). The molecule has 5 nitrogen and oxygen atoms in total. The summed E-state index contributed by atoms with van der Waals surface area (Å²) < 4.78 is 13.2. The van der Waals surface area contributed by atoms with Crippen molar-refractivity contribution in [2.75, 3.05) is 11.9 Å². The molecule has 0 spiro atoms. The fourth-order valence-electron chi connectivity index (χ4n) is 2.45. The van der Waals surface area contributed by atoms with Crippen molar-refractivity contribution in [1.29, 1.82) is 0 Å². The lowest BCUT2D eigenvalue weighted by molar-refractivity contribution is 0.0940. The van der Waals surface area contributed by atoms with Crippen molar-refractivity contribution in [3.8, 4) is 0 Å². The van der Waals surface area contributed by atoms with E-state index < -0.39 is 0 Å². The summed E-state index contributed by atoms with van der Waals surface area (Å²) in [5.74, 6) is 1.98. The van der Waals surface area contributed by atoms with Crippen LogP contribution < -0.4 is 5.32 Å². The van der Waals surface area contributed by atoms with E-state index in [1.165, 1.54) is 0 Å². The molecule has 0 bridgehead atoms. The largest absolute Gasteiger partial charge is 0.464 e. The number of nitrogens with zero attached hydrogens (tertiary/aromatic N) is 2. The third-order valence-electron chi connectivity index (χ3n) is 3.58. The first-order valence-corrected chi connectivity index (χ1v) is 7.29. The quantitative estimate of drug-likeness (QED) is 0.880. The first-order valence-electron chi connectivity index (χ1n) is 7.29. The van der Waals surface area contributed by atoms with E-state index in [9.17, 15) is 0 Å². The lowest BCUT2D eigenvalue weighted by atomic mass is 10.2. The highest BCUT2D eigenvalue weighted by molar-refractivity contribution is 5.38. The average molecular weight is 275 g/mol. The molecule has 0 aliphatic carbocycles. The van der Waals surface area contributed by atoms with Gasteiger partial charge in [0.25, 0.3) is 0 Å². The Kier molecular flexibility index (Phi) is 4.06. The van der Waals surface area contributed by atoms with Gasteiger partial charge in [-0.3, -0.25) is 4.68 Å². The van der Waals surface area contributed by atoms with Crippen LogP contribution in [-0.2, 0) is 24.2 Å². The summed E-state index contributed by atoms with van der Waals surface area (Å²) in [4.78, 5) is 0. The summed E-state index contributed by atoms with van der Waals surface area (Å²) in [6.45, 7) is 4.49. The van der Waals surface area contributed by atoms with Gasteiger partial charge in [-0.1, -0.05) is 6.92 Å². The number of anilines is 1. The molecule has 1 atom stereocenters. The molecule has 2 aromatic rings. The fraction of sp³-hybridized carbons (Fsp3) is 0.533. The van der Waals surface area contributed by atoms with Crippen LogP contribution in [0.5, 0.6) is 0 Å². The SMILES string of the molecule is CCc1ccc(CNc2cnn(CC3CCCO3)c2)o1. The molecule has 2 aromatic heterocycles. The smallest absolute Gasteiger partial charge is 0.123 e. The van der Waals surface area contributed by atoms with Gasteiger partial charge in [-0.25, -0.2) is 0 Å². The molecule has 1 aliphatic heterocycles. The molecular formula is C15H21N3O2. The molecule has 108 valence electrons. The minimum Gasteiger partial charge on any atom is -0.464 e. The summed E-state index contributed by atoms with van der Waals surface area (Å²) in [6, 6.07) is 4.04. The van der Waals surface area contributed by atoms with Crippen molar-refractivity contribution in [3.05, 3.63) is 36.0 Å². The maximum Gasteiger partial charge on any atom is 0.123 e. The predicted molar refractivity (Wildman–Crippen MR) is 76.6 cm³/mol. The first-order chi connectivity index (χ1) is 9.83.